The molecule has 1 atom stereocenters. The number of hydrogen-bond acceptors (Lipinski definition) is 10. The molecule has 10 heteroatoms. The maximum absolute atomic E-state index is 11.6. The van der Waals surface area contributed by atoms with Crippen LogP contribution in [-0.4, -0.2) is 108 Å². The van der Waals surface area contributed by atoms with E-state index in [1.165, 1.54) is 29.5 Å². The molecule has 2 saturated carbocycles. The van der Waals surface area contributed by atoms with Crippen molar-refractivity contribution in [3.05, 3.63) is 87.1 Å². The summed E-state index contributed by atoms with van der Waals surface area (Å²) in [6.45, 7) is 10.8. The first-order valence-electron chi connectivity index (χ1n) is 19.1. The standard InChI is InChI=1S/C36H52N4O3.C8H9NO2/c1-25(24-41)26(2)33(22-38(4)5)30-20-35(42-7)34(36(21-30)43-8)23-40(18-15-37-31-11-12-31)17-13-28-9-10-29-14-16-39(6)27(3)32(29)19-28;1-11-8(2-3-8)4-7(5-9)6-10/h9-10,19-22,24,27,31,37H,11-18,23H2,1-8H3;4,6H,2-3H2,1H3/b26-25-,33-22+;7-4+. The van der Waals surface area contributed by atoms with Gasteiger partial charge < -0.3 is 24.4 Å². The molecule has 1 N–H and O–H groups in total. The van der Waals surface area contributed by atoms with Crippen LogP contribution in [0.2, 0.25) is 0 Å². The van der Waals surface area contributed by atoms with Gasteiger partial charge in [0.15, 0.2) is 6.29 Å². The van der Waals surface area contributed by atoms with Crippen LogP contribution in [0.5, 0.6) is 11.5 Å². The third-order valence-corrected chi connectivity index (χ3v) is 10.9. The monoisotopic (exact) mass is 739 g/mol. The summed E-state index contributed by atoms with van der Waals surface area (Å²) in [6.07, 6.45) is 11.6. The van der Waals surface area contributed by atoms with Crippen LogP contribution in [0.3, 0.4) is 0 Å². The van der Waals surface area contributed by atoms with Crippen LogP contribution in [0.15, 0.2) is 59.3 Å². The second-order valence-electron chi connectivity index (χ2n) is 15.1. The molecule has 292 valence electrons. The van der Waals surface area contributed by atoms with Crippen LogP contribution in [0, 0.1) is 11.3 Å². The summed E-state index contributed by atoms with van der Waals surface area (Å²) < 4.78 is 17.1. The molecule has 54 heavy (non-hydrogen) atoms. The number of aldehydes is 2. The van der Waals surface area contributed by atoms with E-state index in [9.17, 15) is 9.59 Å². The van der Waals surface area contributed by atoms with Crippen molar-refractivity contribution in [2.24, 2.45) is 0 Å². The number of allylic oxidation sites excluding steroid dienone is 4. The molecule has 2 fully saturated rings. The largest absolute Gasteiger partial charge is 0.496 e. The third kappa shape index (κ3) is 11.6. The Morgan fingerprint density at radius 3 is 2.26 bits per heavy atom. The number of rotatable bonds is 18. The first-order valence-corrected chi connectivity index (χ1v) is 19.1. The predicted molar refractivity (Wildman–Crippen MR) is 216 cm³/mol. The molecule has 1 unspecified atom stereocenters. The number of nitriles is 1. The third-order valence-electron chi connectivity index (χ3n) is 10.9. The maximum Gasteiger partial charge on any atom is 0.160 e. The topological polar surface area (TPSA) is 107 Å². The van der Waals surface area contributed by atoms with Crippen molar-refractivity contribution >= 4 is 18.1 Å². The zero-order valence-corrected chi connectivity index (χ0v) is 34.0. The molecule has 0 bridgehead atoms. The Morgan fingerprint density at radius 2 is 1.72 bits per heavy atom. The fourth-order valence-electron chi connectivity index (χ4n) is 6.79. The minimum atomic E-state index is -0.300. The number of fused-ring (bicyclic) bond motifs is 1. The summed E-state index contributed by atoms with van der Waals surface area (Å²) in [6, 6.07) is 14.2. The molecule has 0 radical (unpaired) electrons. The van der Waals surface area contributed by atoms with Gasteiger partial charge in [0, 0.05) is 77.8 Å². The van der Waals surface area contributed by atoms with Gasteiger partial charge in [0.2, 0.25) is 0 Å². The van der Waals surface area contributed by atoms with E-state index in [1.54, 1.807) is 33.5 Å². The van der Waals surface area contributed by atoms with Gasteiger partial charge in [-0.05, 0) is 118 Å². The van der Waals surface area contributed by atoms with E-state index in [4.69, 9.17) is 19.5 Å². The highest BCUT2D eigenvalue weighted by molar-refractivity contribution is 5.87. The predicted octanol–water partition coefficient (Wildman–Crippen LogP) is 6.30. The smallest absolute Gasteiger partial charge is 0.160 e. The minimum Gasteiger partial charge on any atom is -0.496 e. The van der Waals surface area contributed by atoms with Gasteiger partial charge in [0.25, 0.3) is 0 Å². The Labute approximate surface area is 323 Å². The van der Waals surface area contributed by atoms with E-state index in [2.05, 4.69) is 59.4 Å². The van der Waals surface area contributed by atoms with E-state index in [0.29, 0.717) is 23.9 Å². The molecule has 0 spiro atoms. The van der Waals surface area contributed by atoms with Crippen molar-refractivity contribution in [3.63, 3.8) is 0 Å². The number of benzene rings is 2. The van der Waals surface area contributed by atoms with E-state index >= 15 is 0 Å². The number of nitrogens with one attached hydrogen (secondary N) is 1. The Kier molecular flexibility index (Phi) is 15.6. The lowest BCUT2D eigenvalue weighted by Crippen LogP contribution is -2.34. The Balaban J connectivity index is 0.000000506. The number of methoxy groups -OCH3 is 3. The summed E-state index contributed by atoms with van der Waals surface area (Å²) in [5, 5.41) is 12.1. The van der Waals surface area contributed by atoms with Crippen LogP contribution in [-0.2, 0) is 33.7 Å². The van der Waals surface area contributed by atoms with E-state index in [1.807, 2.05) is 39.0 Å². The molecule has 2 aliphatic carbocycles. The number of nitrogens with zero attached hydrogens (tertiary/aromatic N) is 4. The Hall–Kier alpha value is -4.27. The van der Waals surface area contributed by atoms with Crippen LogP contribution >= 0.6 is 0 Å². The van der Waals surface area contributed by atoms with Crippen LogP contribution in [0.1, 0.15) is 80.3 Å². The highest BCUT2D eigenvalue weighted by atomic mass is 16.5. The quantitative estimate of drug-likeness (QED) is 0.0811. The zero-order valence-electron chi connectivity index (χ0n) is 34.0. The van der Waals surface area contributed by atoms with E-state index < -0.39 is 0 Å². The first kappa shape index (κ1) is 42.5. The van der Waals surface area contributed by atoms with Gasteiger partial charge in [0.1, 0.15) is 23.9 Å². The average Bonchev–Trinajstić information content (AvgIpc) is 4.13. The van der Waals surface area contributed by atoms with Crippen LogP contribution in [0.25, 0.3) is 5.57 Å². The van der Waals surface area contributed by atoms with Crippen molar-refractivity contribution in [1.82, 2.24) is 20.0 Å². The molecule has 1 aliphatic heterocycles. The summed E-state index contributed by atoms with van der Waals surface area (Å²) in [4.78, 5) is 28.8. The van der Waals surface area contributed by atoms with Crippen molar-refractivity contribution < 1.29 is 23.8 Å². The van der Waals surface area contributed by atoms with Gasteiger partial charge >= 0.3 is 0 Å². The van der Waals surface area contributed by atoms with E-state index in [0.717, 1.165) is 98.5 Å². The second kappa shape index (κ2) is 19.9. The molecule has 1 heterocycles. The molecule has 3 aliphatic rings. The lowest BCUT2D eigenvalue weighted by Gasteiger charge is -2.32. The SMILES string of the molecule is COC1(/C=C(\C#N)C=O)CC1.COc1cc(C(=C/N(C)C)/C(C)=C(/C)C=O)cc(OC)c1CN(CCNC1CC1)CCc1ccc2c(c1)C(C)N(C)CC2. The molecule has 2 aromatic carbocycles. The van der Waals surface area contributed by atoms with Crippen molar-refractivity contribution in [2.75, 3.05) is 68.7 Å². The molecule has 2 aromatic rings. The summed E-state index contributed by atoms with van der Waals surface area (Å²) >= 11 is 0. The lowest BCUT2D eigenvalue weighted by atomic mass is 9.91. The van der Waals surface area contributed by atoms with Crippen LogP contribution < -0.4 is 14.8 Å². The maximum atomic E-state index is 11.6. The first-order chi connectivity index (χ1) is 25.9. The molecule has 0 saturated heterocycles. The fourth-order valence-corrected chi connectivity index (χ4v) is 6.79. The van der Waals surface area contributed by atoms with Gasteiger partial charge in [-0.2, -0.15) is 5.26 Å². The molecule has 5 rings (SSSR count). The number of hydrogen-bond donors (Lipinski definition) is 1. The van der Waals surface area contributed by atoms with Crippen LogP contribution in [0.4, 0.5) is 0 Å². The Morgan fingerprint density at radius 1 is 1.04 bits per heavy atom. The fraction of sp³-hybridized carbons (Fsp3) is 0.523. The summed E-state index contributed by atoms with van der Waals surface area (Å²) in [5.74, 6) is 1.59. The van der Waals surface area contributed by atoms with Gasteiger partial charge in [-0.15, -0.1) is 0 Å². The highest BCUT2D eigenvalue weighted by Crippen LogP contribution is 2.41. The summed E-state index contributed by atoms with van der Waals surface area (Å²) in [7, 11) is 11.2. The van der Waals surface area contributed by atoms with Gasteiger partial charge in [-0.1, -0.05) is 18.2 Å². The molecular formula is C44H61N5O5. The van der Waals surface area contributed by atoms with Gasteiger partial charge in [0.05, 0.1) is 31.0 Å². The zero-order chi connectivity index (χ0) is 39.4. The van der Waals surface area contributed by atoms with Gasteiger partial charge in [-0.25, -0.2) is 0 Å². The molecule has 0 amide bonds. The molecule has 0 aromatic heterocycles. The lowest BCUT2D eigenvalue weighted by molar-refractivity contribution is -0.105. The number of likely N-dealkylation sites (N-methyl/N-ethyl adjacent to an activating group) is 1. The normalized spacial score (nSPS) is 18.4. The second-order valence-corrected chi connectivity index (χ2v) is 15.1. The highest BCUT2D eigenvalue weighted by Gasteiger charge is 2.41. The van der Waals surface area contributed by atoms with Crippen molar-refractivity contribution in [3.8, 4) is 17.6 Å². The molecular weight excluding hydrogens is 679 g/mol. The van der Waals surface area contributed by atoms with Crippen molar-refractivity contribution in [2.45, 2.75) is 83.5 Å². The number of ether oxygens (including phenoxy) is 3. The van der Waals surface area contributed by atoms with E-state index in [-0.39, 0.29) is 11.2 Å². The molecule has 10 nitrogen and oxygen atoms in total. The van der Waals surface area contributed by atoms with Gasteiger partial charge in [-0.3, -0.25) is 19.4 Å². The Bertz CT molecular complexity index is 1720. The number of carbonyl (C=O) groups is 2. The van der Waals surface area contributed by atoms with Crippen molar-refractivity contribution in [1.29, 1.82) is 5.26 Å². The summed E-state index contributed by atoms with van der Waals surface area (Å²) in [5.41, 5.74) is 8.81. The average molecular weight is 740 g/mol. The minimum absolute atomic E-state index is 0.157. The number of carbonyl (C=O) groups excluding carboxylic acids is 2.